The number of hydrogen-bond acceptors (Lipinski definition) is 4. The maximum atomic E-state index is 12.7. The van der Waals surface area contributed by atoms with Crippen molar-refractivity contribution in [3.63, 3.8) is 0 Å². The standard InChI is InChI=1S/C38H67NO3/c1-7-18-33-34-21-20-30(3)37(34,5)25-23-35(33)38(6)24-22-32(29-31(38)4)42-36(40)19-14-13-17-28-41-27-16-12-10-9-11-15-26-39-8-2/h8,30,32-35,39H,2,4,7,9-29H2,1,3,5-6H3/t30-,32?,33-,34?,35?,37+,38-/m0/s1. The van der Waals surface area contributed by atoms with Crippen LogP contribution in [-0.2, 0) is 14.3 Å². The Morgan fingerprint density at radius 2 is 1.62 bits per heavy atom. The van der Waals surface area contributed by atoms with Gasteiger partial charge in [-0.1, -0.05) is 91.4 Å². The van der Waals surface area contributed by atoms with Crippen LogP contribution in [0.15, 0.2) is 24.9 Å². The Balaban J connectivity index is 1.27. The van der Waals surface area contributed by atoms with Crippen molar-refractivity contribution in [3.8, 4) is 0 Å². The van der Waals surface area contributed by atoms with Crippen molar-refractivity contribution in [2.75, 3.05) is 19.8 Å². The molecule has 4 nitrogen and oxygen atoms in total. The molecule has 3 saturated carbocycles. The van der Waals surface area contributed by atoms with Gasteiger partial charge in [-0.25, -0.2) is 0 Å². The van der Waals surface area contributed by atoms with E-state index in [0.29, 0.717) is 11.8 Å². The minimum absolute atomic E-state index is 0.0187. The van der Waals surface area contributed by atoms with E-state index < -0.39 is 0 Å². The number of nitrogens with one attached hydrogen (secondary N) is 1. The van der Waals surface area contributed by atoms with Crippen LogP contribution in [-0.4, -0.2) is 31.8 Å². The van der Waals surface area contributed by atoms with Gasteiger partial charge in [0, 0.05) is 32.6 Å². The summed E-state index contributed by atoms with van der Waals surface area (Å²) >= 11 is 0. The molecule has 242 valence electrons. The number of ether oxygens (including phenoxy) is 2. The molecule has 0 aromatic heterocycles. The van der Waals surface area contributed by atoms with Gasteiger partial charge in [0.25, 0.3) is 0 Å². The van der Waals surface area contributed by atoms with E-state index in [1.165, 1.54) is 76.2 Å². The predicted octanol–water partition coefficient (Wildman–Crippen LogP) is 10.2. The third-order valence-corrected chi connectivity index (χ3v) is 12.1. The van der Waals surface area contributed by atoms with Gasteiger partial charge in [0.15, 0.2) is 0 Å². The average molecular weight is 586 g/mol. The number of esters is 1. The number of hydrogen-bond donors (Lipinski definition) is 1. The summed E-state index contributed by atoms with van der Waals surface area (Å²) in [6.45, 7) is 21.0. The van der Waals surface area contributed by atoms with E-state index in [2.05, 4.69) is 46.2 Å². The van der Waals surface area contributed by atoms with Crippen LogP contribution in [0, 0.1) is 34.5 Å². The van der Waals surface area contributed by atoms with Crippen LogP contribution >= 0.6 is 0 Å². The quantitative estimate of drug-likeness (QED) is 0.0877. The molecular weight excluding hydrogens is 518 g/mol. The van der Waals surface area contributed by atoms with E-state index in [1.54, 1.807) is 6.20 Å². The maximum Gasteiger partial charge on any atom is 0.306 e. The summed E-state index contributed by atoms with van der Waals surface area (Å²) in [7, 11) is 0. The molecule has 0 saturated heterocycles. The van der Waals surface area contributed by atoms with Gasteiger partial charge in [-0.15, -0.1) is 0 Å². The summed E-state index contributed by atoms with van der Waals surface area (Å²) in [5.41, 5.74) is 2.08. The van der Waals surface area contributed by atoms with E-state index in [-0.39, 0.29) is 17.5 Å². The number of rotatable bonds is 20. The van der Waals surface area contributed by atoms with Crippen LogP contribution in [0.2, 0.25) is 0 Å². The first-order chi connectivity index (χ1) is 20.3. The fourth-order valence-electron chi connectivity index (χ4n) is 9.11. The van der Waals surface area contributed by atoms with Crippen LogP contribution in [0.5, 0.6) is 0 Å². The molecule has 3 unspecified atom stereocenters. The van der Waals surface area contributed by atoms with Crippen molar-refractivity contribution in [1.82, 2.24) is 5.32 Å². The molecular formula is C38H67NO3. The third kappa shape index (κ3) is 9.60. The minimum atomic E-state index is -0.0187. The lowest BCUT2D eigenvalue weighted by Gasteiger charge is -2.56. The largest absolute Gasteiger partial charge is 0.462 e. The Kier molecular flexibility index (Phi) is 15.0. The SMILES string of the molecule is C=CNCCCCCCCCOCCCCCC(=O)OC1CC[C@](C)(C2CC[C@@]3(C)C(CC[C@@H]3C)[C@@H]2CCC)C(=C)C1. The fraction of sp³-hybridized carbons (Fsp3) is 0.868. The summed E-state index contributed by atoms with van der Waals surface area (Å²) in [5, 5.41) is 3.15. The molecule has 7 atom stereocenters. The zero-order valence-corrected chi connectivity index (χ0v) is 28.2. The molecule has 3 aliphatic carbocycles. The Morgan fingerprint density at radius 3 is 2.31 bits per heavy atom. The van der Waals surface area contributed by atoms with E-state index in [4.69, 9.17) is 9.47 Å². The zero-order chi connectivity index (χ0) is 30.4. The van der Waals surface area contributed by atoms with Crippen LogP contribution in [0.4, 0.5) is 0 Å². The summed E-state index contributed by atoms with van der Waals surface area (Å²) < 4.78 is 11.8. The fourth-order valence-corrected chi connectivity index (χ4v) is 9.11. The van der Waals surface area contributed by atoms with Gasteiger partial charge in [0.1, 0.15) is 6.10 Å². The predicted molar refractivity (Wildman–Crippen MR) is 177 cm³/mol. The molecule has 0 amide bonds. The highest BCUT2D eigenvalue weighted by Gasteiger charge is 2.56. The molecule has 0 aliphatic heterocycles. The van der Waals surface area contributed by atoms with Crippen molar-refractivity contribution >= 4 is 5.97 Å². The first-order valence-corrected chi connectivity index (χ1v) is 18.1. The van der Waals surface area contributed by atoms with Crippen LogP contribution in [0.1, 0.15) is 150 Å². The van der Waals surface area contributed by atoms with Crippen LogP contribution in [0.3, 0.4) is 0 Å². The normalized spacial score (nSPS) is 32.9. The first kappa shape index (κ1) is 35.2. The van der Waals surface area contributed by atoms with E-state index >= 15 is 0 Å². The second kappa shape index (κ2) is 17.9. The molecule has 0 heterocycles. The highest BCUT2D eigenvalue weighted by atomic mass is 16.5. The molecule has 0 bridgehead atoms. The Morgan fingerprint density at radius 1 is 0.929 bits per heavy atom. The number of fused-ring (bicyclic) bond motifs is 1. The van der Waals surface area contributed by atoms with E-state index in [9.17, 15) is 4.79 Å². The van der Waals surface area contributed by atoms with Crippen molar-refractivity contribution in [2.24, 2.45) is 34.5 Å². The van der Waals surface area contributed by atoms with Gasteiger partial charge in [-0.05, 0) is 105 Å². The summed E-state index contributed by atoms with van der Waals surface area (Å²) in [6.07, 6.45) is 24.0. The van der Waals surface area contributed by atoms with Gasteiger partial charge in [-0.3, -0.25) is 4.79 Å². The van der Waals surface area contributed by atoms with Gasteiger partial charge >= 0.3 is 5.97 Å². The first-order valence-electron chi connectivity index (χ1n) is 18.1. The number of carbonyl (C=O) groups is 1. The van der Waals surface area contributed by atoms with Gasteiger partial charge in [0.05, 0.1) is 0 Å². The molecule has 42 heavy (non-hydrogen) atoms. The topological polar surface area (TPSA) is 47.6 Å². The second-order valence-corrected chi connectivity index (χ2v) is 14.8. The van der Waals surface area contributed by atoms with Crippen LogP contribution in [0.25, 0.3) is 0 Å². The van der Waals surface area contributed by atoms with Crippen molar-refractivity contribution in [3.05, 3.63) is 24.9 Å². The molecule has 3 aliphatic rings. The molecule has 3 rings (SSSR count). The highest BCUT2D eigenvalue weighted by molar-refractivity contribution is 5.69. The smallest absolute Gasteiger partial charge is 0.306 e. The minimum Gasteiger partial charge on any atom is -0.462 e. The Bertz CT molecular complexity index is 825. The third-order valence-electron chi connectivity index (χ3n) is 12.1. The average Bonchev–Trinajstić information content (AvgIpc) is 3.27. The molecule has 0 aromatic rings. The number of carbonyl (C=O) groups excluding carboxylic acids is 1. The maximum absolute atomic E-state index is 12.7. The van der Waals surface area contributed by atoms with Crippen molar-refractivity contribution in [2.45, 2.75) is 156 Å². The molecule has 1 N–H and O–H groups in total. The molecule has 0 spiro atoms. The molecule has 4 heteroatoms. The summed E-state index contributed by atoms with van der Waals surface area (Å²) in [6, 6.07) is 0. The van der Waals surface area contributed by atoms with E-state index in [1.807, 2.05) is 0 Å². The van der Waals surface area contributed by atoms with Crippen molar-refractivity contribution in [1.29, 1.82) is 0 Å². The monoisotopic (exact) mass is 586 g/mol. The lowest BCUT2D eigenvalue weighted by Crippen LogP contribution is -2.48. The van der Waals surface area contributed by atoms with Gasteiger partial charge in [-0.2, -0.15) is 0 Å². The van der Waals surface area contributed by atoms with Gasteiger partial charge < -0.3 is 14.8 Å². The molecule has 0 aromatic carbocycles. The molecule has 3 fully saturated rings. The Labute approximate surface area is 260 Å². The number of unbranched alkanes of at least 4 members (excludes halogenated alkanes) is 7. The second-order valence-electron chi connectivity index (χ2n) is 14.8. The van der Waals surface area contributed by atoms with Crippen molar-refractivity contribution < 1.29 is 14.3 Å². The van der Waals surface area contributed by atoms with Gasteiger partial charge in [0.2, 0.25) is 0 Å². The highest BCUT2D eigenvalue weighted by Crippen LogP contribution is 2.64. The molecule has 0 radical (unpaired) electrons. The van der Waals surface area contributed by atoms with Crippen LogP contribution < -0.4 is 5.32 Å². The lowest BCUT2D eigenvalue weighted by atomic mass is 9.49. The van der Waals surface area contributed by atoms with E-state index in [0.717, 1.165) is 88.4 Å². The summed E-state index contributed by atoms with van der Waals surface area (Å²) in [5.74, 6) is 3.28. The zero-order valence-electron chi connectivity index (χ0n) is 28.2. The lowest BCUT2D eigenvalue weighted by molar-refractivity contribution is -0.151. The summed E-state index contributed by atoms with van der Waals surface area (Å²) in [4.78, 5) is 12.7. The Hall–Kier alpha value is -1.29.